The molecule has 0 amide bonds. The van der Waals surface area contributed by atoms with Crippen LogP contribution >= 0.6 is 0 Å². The van der Waals surface area contributed by atoms with E-state index in [-0.39, 0.29) is 29.9 Å². The molecule has 1 aliphatic carbocycles. The van der Waals surface area contributed by atoms with Crippen molar-refractivity contribution < 1.29 is 27.4 Å². The van der Waals surface area contributed by atoms with Crippen molar-refractivity contribution >= 4 is 10.0 Å². The number of ether oxygens (including phenoxy) is 2. The molecule has 3 rings (SSSR count). The van der Waals surface area contributed by atoms with Crippen LogP contribution in [-0.4, -0.2) is 46.0 Å². The van der Waals surface area contributed by atoms with Gasteiger partial charge >= 0.3 is 0 Å². The summed E-state index contributed by atoms with van der Waals surface area (Å²) in [5.41, 5.74) is -0.532. The number of rotatable bonds is 7. The second-order valence-corrected chi connectivity index (χ2v) is 8.98. The zero-order valence-electron chi connectivity index (χ0n) is 14.7. The monoisotopic (exact) mass is 387 g/mol. The van der Waals surface area contributed by atoms with Crippen LogP contribution in [0.1, 0.15) is 38.5 Å². The van der Waals surface area contributed by atoms with E-state index in [1.54, 1.807) is 0 Å². The molecule has 2 fully saturated rings. The highest BCUT2D eigenvalue weighted by Crippen LogP contribution is 2.30. The van der Waals surface area contributed by atoms with Crippen LogP contribution in [0.2, 0.25) is 0 Å². The molecule has 1 saturated heterocycles. The van der Waals surface area contributed by atoms with Gasteiger partial charge < -0.3 is 14.6 Å². The van der Waals surface area contributed by atoms with Gasteiger partial charge in [-0.1, -0.05) is 0 Å². The third-order valence-corrected chi connectivity index (χ3v) is 6.73. The summed E-state index contributed by atoms with van der Waals surface area (Å²) in [5.74, 6) is -0.588. The van der Waals surface area contributed by atoms with Crippen LogP contribution in [0.3, 0.4) is 0 Å². The minimum atomic E-state index is -3.87. The van der Waals surface area contributed by atoms with E-state index in [1.165, 1.54) is 12.1 Å². The van der Waals surface area contributed by atoms with Gasteiger partial charge in [-0.2, -0.15) is 0 Å². The number of sulfonamides is 1. The van der Waals surface area contributed by atoms with Crippen LogP contribution in [-0.2, 0) is 14.8 Å². The average Bonchev–Trinajstić information content (AvgIpc) is 3.16. The van der Waals surface area contributed by atoms with Crippen LogP contribution in [0.5, 0.6) is 5.75 Å². The van der Waals surface area contributed by atoms with Gasteiger partial charge in [-0.25, -0.2) is 17.5 Å². The Balaban J connectivity index is 1.67. The van der Waals surface area contributed by atoms with Crippen molar-refractivity contribution in [2.75, 3.05) is 26.4 Å². The fourth-order valence-electron chi connectivity index (χ4n) is 3.46. The summed E-state index contributed by atoms with van der Waals surface area (Å²) < 4.78 is 52.7. The highest BCUT2D eigenvalue weighted by Gasteiger charge is 2.33. The lowest BCUT2D eigenvalue weighted by atomic mass is 9.81. The standard InChI is InChI=1S/C18H26FNO5S/c19-16-11-15(5-6-17(16)25-14-3-1-2-4-14)26(22,23)20-12-18(13-21)7-9-24-10-8-18/h5-6,11,14,20-21H,1-4,7-10,12-13H2. The molecule has 1 aliphatic heterocycles. The van der Waals surface area contributed by atoms with Gasteiger partial charge in [0.25, 0.3) is 0 Å². The van der Waals surface area contributed by atoms with Crippen molar-refractivity contribution in [1.29, 1.82) is 0 Å². The van der Waals surface area contributed by atoms with Gasteiger partial charge in [-0.3, -0.25) is 0 Å². The van der Waals surface area contributed by atoms with Crippen molar-refractivity contribution in [3.05, 3.63) is 24.0 Å². The molecule has 0 radical (unpaired) electrons. The summed E-state index contributed by atoms with van der Waals surface area (Å²) in [6, 6.07) is 3.71. The Morgan fingerprint density at radius 3 is 2.58 bits per heavy atom. The van der Waals surface area contributed by atoms with Gasteiger partial charge in [0.15, 0.2) is 11.6 Å². The molecule has 0 aromatic heterocycles. The van der Waals surface area contributed by atoms with Crippen LogP contribution in [0.15, 0.2) is 23.1 Å². The molecule has 1 heterocycles. The van der Waals surface area contributed by atoms with Crippen molar-refractivity contribution in [1.82, 2.24) is 4.72 Å². The van der Waals surface area contributed by atoms with E-state index in [2.05, 4.69) is 4.72 Å². The van der Waals surface area contributed by atoms with Crippen molar-refractivity contribution in [3.63, 3.8) is 0 Å². The lowest BCUT2D eigenvalue weighted by molar-refractivity contribution is -0.0126. The zero-order valence-corrected chi connectivity index (χ0v) is 15.6. The van der Waals surface area contributed by atoms with Gasteiger partial charge in [0.2, 0.25) is 10.0 Å². The predicted molar refractivity (Wildman–Crippen MR) is 94.0 cm³/mol. The Hall–Kier alpha value is -1.22. The smallest absolute Gasteiger partial charge is 0.240 e. The first-order valence-corrected chi connectivity index (χ1v) is 10.6. The Kier molecular flexibility index (Phi) is 6.17. The highest BCUT2D eigenvalue weighted by atomic mass is 32.2. The molecular weight excluding hydrogens is 361 g/mol. The highest BCUT2D eigenvalue weighted by molar-refractivity contribution is 7.89. The van der Waals surface area contributed by atoms with Crippen molar-refractivity contribution in [2.45, 2.75) is 49.5 Å². The summed E-state index contributed by atoms with van der Waals surface area (Å²) >= 11 is 0. The molecule has 8 heteroatoms. The van der Waals surface area contributed by atoms with Crippen molar-refractivity contribution in [3.8, 4) is 5.75 Å². The van der Waals surface area contributed by atoms with Gasteiger partial charge in [-0.15, -0.1) is 0 Å². The maximum Gasteiger partial charge on any atom is 0.240 e. The van der Waals surface area contributed by atoms with E-state index in [0.29, 0.717) is 26.1 Å². The summed E-state index contributed by atoms with van der Waals surface area (Å²) in [5, 5.41) is 9.66. The number of nitrogens with one attached hydrogen (secondary N) is 1. The Bertz CT molecular complexity index is 712. The first-order valence-electron chi connectivity index (χ1n) is 9.09. The van der Waals surface area contributed by atoms with Gasteiger partial charge in [-0.05, 0) is 56.7 Å². The van der Waals surface area contributed by atoms with Crippen LogP contribution in [0, 0.1) is 11.2 Å². The van der Waals surface area contributed by atoms with Gasteiger partial charge in [0, 0.05) is 25.2 Å². The molecule has 1 saturated carbocycles. The molecule has 0 atom stereocenters. The minimum Gasteiger partial charge on any atom is -0.487 e. The van der Waals surface area contributed by atoms with Crippen LogP contribution in [0.25, 0.3) is 0 Å². The van der Waals surface area contributed by atoms with Crippen LogP contribution in [0.4, 0.5) is 4.39 Å². The molecule has 6 nitrogen and oxygen atoms in total. The molecule has 1 aromatic rings. The molecule has 1 aromatic carbocycles. The number of halogens is 1. The number of hydrogen-bond acceptors (Lipinski definition) is 5. The Morgan fingerprint density at radius 2 is 1.96 bits per heavy atom. The van der Waals surface area contributed by atoms with Gasteiger partial charge in [0.1, 0.15) is 0 Å². The molecule has 0 unspecified atom stereocenters. The third kappa shape index (κ3) is 4.54. The maximum absolute atomic E-state index is 14.3. The zero-order chi connectivity index (χ0) is 18.6. The van der Waals surface area contributed by atoms with Gasteiger partial charge in [0.05, 0.1) is 17.6 Å². The molecule has 26 heavy (non-hydrogen) atoms. The average molecular weight is 387 g/mol. The fraction of sp³-hybridized carbons (Fsp3) is 0.667. The number of benzene rings is 1. The lowest BCUT2D eigenvalue weighted by Gasteiger charge is -2.35. The SMILES string of the molecule is O=S(=O)(NCC1(CO)CCOCC1)c1ccc(OC2CCCC2)c(F)c1. The molecule has 146 valence electrons. The summed E-state index contributed by atoms with van der Waals surface area (Å²) in [4.78, 5) is -0.145. The third-order valence-electron chi connectivity index (χ3n) is 5.34. The van der Waals surface area contributed by atoms with E-state index in [1.807, 2.05) is 0 Å². The summed E-state index contributed by atoms with van der Waals surface area (Å²) in [7, 11) is -3.87. The topological polar surface area (TPSA) is 84.9 Å². The molecule has 2 N–H and O–H groups in total. The largest absolute Gasteiger partial charge is 0.487 e. The first-order chi connectivity index (χ1) is 12.4. The first kappa shape index (κ1) is 19.5. The fourth-order valence-corrected chi connectivity index (χ4v) is 4.63. The van der Waals surface area contributed by atoms with Crippen LogP contribution < -0.4 is 9.46 Å². The summed E-state index contributed by atoms with van der Waals surface area (Å²) in [6.45, 7) is 0.951. The summed E-state index contributed by atoms with van der Waals surface area (Å²) in [6.07, 6.45) is 5.09. The van der Waals surface area contributed by atoms with E-state index < -0.39 is 21.3 Å². The van der Waals surface area contributed by atoms with E-state index in [0.717, 1.165) is 31.7 Å². The Labute approximate surface area is 153 Å². The minimum absolute atomic E-state index is 0.00279. The van der Waals surface area contributed by atoms with E-state index in [4.69, 9.17) is 9.47 Å². The predicted octanol–water partition coefficient (Wildman–Crippen LogP) is 2.21. The molecular formula is C18H26FNO5S. The maximum atomic E-state index is 14.3. The molecule has 0 bridgehead atoms. The Morgan fingerprint density at radius 1 is 1.27 bits per heavy atom. The van der Waals surface area contributed by atoms with Crippen molar-refractivity contribution in [2.24, 2.45) is 5.41 Å². The number of aliphatic hydroxyl groups is 1. The van der Waals surface area contributed by atoms with E-state index in [9.17, 15) is 17.9 Å². The lowest BCUT2D eigenvalue weighted by Crippen LogP contribution is -2.43. The molecule has 2 aliphatic rings. The quantitative estimate of drug-likeness (QED) is 0.749. The number of aliphatic hydroxyl groups excluding tert-OH is 1. The number of hydrogen-bond donors (Lipinski definition) is 2. The van der Waals surface area contributed by atoms with E-state index >= 15 is 0 Å². The molecule has 0 spiro atoms. The second kappa shape index (κ2) is 8.21. The normalized spacial score (nSPS) is 21.0. The second-order valence-electron chi connectivity index (χ2n) is 7.21.